The number of nitrogens with two attached hydrogens (primary N) is 1. The van der Waals surface area contributed by atoms with Gasteiger partial charge in [-0.2, -0.15) is 0 Å². The summed E-state index contributed by atoms with van der Waals surface area (Å²) >= 11 is 0. The molecule has 6 nitrogen and oxygen atoms in total. The molecule has 1 aliphatic carbocycles. The predicted octanol–water partition coefficient (Wildman–Crippen LogP) is -0.836. The van der Waals surface area contributed by atoms with Crippen LogP contribution in [0.3, 0.4) is 0 Å². The first-order chi connectivity index (χ1) is 8.95. The molecule has 1 heterocycles. The molecule has 2 fully saturated rings. The Morgan fingerprint density at radius 1 is 1.47 bits per heavy atom. The lowest BCUT2D eigenvalue weighted by molar-refractivity contribution is -0.152. The third-order valence-electron chi connectivity index (χ3n) is 4.40. The molecule has 2 amide bonds. The van der Waals surface area contributed by atoms with Gasteiger partial charge in [0.1, 0.15) is 0 Å². The first kappa shape index (κ1) is 14.3. The highest BCUT2D eigenvalue weighted by Gasteiger charge is 2.48. The minimum absolute atomic E-state index is 0.0169. The van der Waals surface area contributed by atoms with Crippen molar-refractivity contribution in [2.24, 2.45) is 11.7 Å². The first-order valence-corrected chi connectivity index (χ1v) is 6.95. The van der Waals surface area contributed by atoms with Crippen molar-refractivity contribution in [2.75, 3.05) is 20.1 Å². The summed E-state index contributed by atoms with van der Waals surface area (Å²) < 4.78 is 0. The van der Waals surface area contributed by atoms with Crippen LogP contribution in [0, 0.1) is 5.92 Å². The lowest BCUT2D eigenvalue weighted by atomic mass is 10.1. The van der Waals surface area contributed by atoms with E-state index in [1.807, 2.05) is 6.92 Å². The standard InChI is InChI=1S/C13H23N3O3/c1-3-9(17)7-15(2)12(18)13(19)16-6-8-4-5-10(16)11(8)14/h8-11,17H,3-7,14H2,1-2H3/t8-,9-,10-,11-/m0/s1. The van der Waals surface area contributed by atoms with Gasteiger partial charge in [0, 0.05) is 32.2 Å². The SMILES string of the molecule is CC[C@H](O)CN(C)C(=O)C(=O)N1C[C@@H]2CC[C@H]1[C@H]2N. The molecule has 2 aliphatic rings. The fourth-order valence-electron chi connectivity index (χ4n) is 3.10. The summed E-state index contributed by atoms with van der Waals surface area (Å²) in [6.45, 7) is 2.62. The summed E-state index contributed by atoms with van der Waals surface area (Å²) in [6.07, 6.45) is 1.92. The average molecular weight is 269 g/mol. The number of piperidine rings is 1. The Hall–Kier alpha value is -1.14. The number of carbonyl (C=O) groups excluding carboxylic acids is 2. The van der Waals surface area contributed by atoms with Crippen molar-refractivity contribution in [3.8, 4) is 0 Å². The van der Waals surface area contributed by atoms with Gasteiger partial charge in [-0.05, 0) is 25.2 Å². The Kier molecular flexibility index (Phi) is 4.10. The molecular weight excluding hydrogens is 246 g/mol. The molecule has 0 aromatic carbocycles. The molecule has 0 spiro atoms. The van der Waals surface area contributed by atoms with E-state index in [0.29, 0.717) is 18.9 Å². The zero-order valence-electron chi connectivity index (χ0n) is 11.6. The number of likely N-dealkylation sites (N-methyl/N-ethyl adjacent to an activating group) is 1. The number of nitrogens with zero attached hydrogens (tertiary/aromatic N) is 2. The summed E-state index contributed by atoms with van der Waals surface area (Å²) in [5, 5.41) is 9.53. The molecule has 0 aromatic heterocycles. The summed E-state index contributed by atoms with van der Waals surface area (Å²) in [5.41, 5.74) is 6.03. The Morgan fingerprint density at radius 2 is 2.16 bits per heavy atom. The molecule has 0 aromatic rings. The van der Waals surface area contributed by atoms with Crippen molar-refractivity contribution in [2.45, 2.75) is 44.4 Å². The largest absolute Gasteiger partial charge is 0.391 e. The van der Waals surface area contributed by atoms with Gasteiger partial charge < -0.3 is 20.6 Å². The van der Waals surface area contributed by atoms with Crippen LogP contribution in [-0.2, 0) is 9.59 Å². The van der Waals surface area contributed by atoms with E-state index >= 15 is 0 Å². The van der Waals surface area contributed by atoms with Crippen molar-refractivity contribution >= 4 is 11.8 Å². The zero-order chi connectivity index (χ0) is 14.2. The van der Waals surface area contributed by atoms with E-state index in [4.69, 9.17) is 5.73 Å². The third kappa shape index (κ3) is 2.60. The fourth-order valence-corrected chi connectivity index (χ4v) is 3.10. The topological polar surface area (TPSA) is 86.9 Å². The van der Waals surface area contributed by atoms with Gasteiger partial charge in [0.2, 0.25) is 0 Å². The monoisotopic (exact) mass is 269 g/mol. The van der Waals surface area contributed by atoms with Gasteiger partial charge in [0.15, 0.2) is 0 Å². The minimum Gasteiger partial charge on any atom is -0.391 e. The van der Waals surface area contributed by atoms with Crippen molar-refractivity contribution in [3.63, 3.8) is 0 Å². The molecule has 6 heteroatoms. The molecule has 0 unspecified atom stereocenters. The highest BCUT2D eigenvalue weighted by atomic mass is 16.3. The van der Waals surface area contributed by atoms with E-state index in [2.05, 4.69) is 0 Å². The Morgan fingerprint density at radius 3 is 2.63 bits per heavy atom. The van der Waals surface area contributed by atoms with Gasteiger partial charge in [-0.15, -0.1) is 0 Å². The average Bonchev–Trinajstić information content (AvgIpc) is 2.92. The maximum absolute atomic E-state index is 12.2. The molecule has 108 valence electrons. The minimum atomic E-state index is -0.584. The number of hydrogen-bond acceptors (Lipinski definition) is 4. The quantitative estimate of drug-likeness (QED) is 0.654. The van der Waals surface area contributed by atoms with Crippen LogP contribution in [0.2, 0.25) is 0 Å². The predicted molar refractivity (Wildman–Crippen MR) is 70.1 cm³/mol. The lowest BCUT2D eigenvalue weighted by Crippen LogP contribution is -2.49. The molecule has 1 aliphatic heterocycles. The molecule has 1 saturated carbocycles. The van der Waals surface area contributed by atoms with Gasteiger partial charge in [0.05, 0.1) is 6.10 Å². The maximum Gasteiger partial charge on any atom is 0.312 e. The molecule has 2 bridgehead atoms. The number of likely N-dealkylation sites (tertiary alicyclic amines) is 1. The Labute approximate surface area is 113 Å². The van der Waals surface area contributed by atoms with Crippen molar-refractivity contribution in [1.29, 1.82) is 0 Å². The molecular formula is C13H23N3O3. The van der Waals surface area contributed by atoms with E-state index in [9.17, 15) is 14.7 Å². The second-order valence-electron chi connectivity index (χ2n) is 5.69. The molecule has 19 heavy (non-hydrogen) atoms. The van der Waals surface area contributed by atoms with Gasteiger partial charge in [-0.1, -0.05) is 6.92 Å². The van der Waals surface area contributed by atoms with Crippen LogP contribution < -0.4 is 5.73 Å². The van der Waals surface area contributed by atoms with E-state index in [0.717, 1.165) is 12.8 Å². The summed E-state index contributed by atoms with van der Waals surface area (Å²) in [7, 11) is 1.55. The van der Waals surface area contributed by atoms with E-state index < -0.39 is 17.9 Å². The first-order valence-electron chi connectivity index (χ1n) is 6.95. The normalized spacial score (nSPS) is 30.5. The highest BCUT2D eigenvalue weighted by Crippen LogP contribution is 2.36. The summed E-state index contributed by atoms with van der Waals surface area (Å²) in [4.78, 5) is 27.2. The van der Waals surface area contributed by atoms with E-state index in [1.54, 1.807) is 11.9 Å². The molecule has 2 rings (SSSR count). The van der Waals surface area contributed by atoms with Crippen molar-refractivity contribution in [1.82, 2.24) is 9.80 Å². The lowest BCUT2D eigenvalue weighted by Gasteiger charge is -2.28. The number of rotatable bonds is 3. The van der Waals surface area contributed by atoms with Gasteiger partial charge in [-0.25, -0.2) is 0 Å². The highest BCUT2D eigenvalue weighted by molar-refractivity contribution is 6.35. The third-order valence-corrected chi connectivity index (χ3v) is 4.40. The smallest absolute Gasteiger partial charge is 0.312 e. The van der Waals surface area contributed by atoms with E-state index in [1.165, 1.54) is 4.90 Å². The number of aliphatic hydroxyl groups is 1. The second-order valence-corrected chi connectivity index (χ2v) is 5.69. The van der Waals surface area contributed by atoms with Crippen LogP contribution in [0.15, 0.2) is 0 Å². The summed E-state index contributed by atoms with van der Waals surface area (Å²) in [6, 6.07) is 0.0363. The van der Waals surface area contributed by atoms with Crippen LogP contribution in [0.1, 0.15) is 26.2 Å². The number of hydrogen-bond donors (Lipinski definition) is 2. The molecule has 4 atom stereocenters. The molecule has 0 radical (unpaired) electrons. The second kappa shape index (κ2) is 5.46. The van der Waals surface area contributed by atoms with Crippen LogP contribution in [0.25, 0.3) is 0 Å². The molecule has 3 N–H and O–H groups in total. The number of fused-ring (bicyclic) bond motifs is 2. The number of carbonyl (C=O) groups is 2. The van der Waals surface area contributed by atoms with E-state index in [-0.39, 0.29) is 18.6 Å². The van der Waals surface area contributed by atoms with Gasteiger partial charge in [-0.3, -0.25) is 9.59 Å². The van der Waals surface area contributed by atoms with Crippen LogP contribution >= 0.6 is 0 Å². The van der Waals surface area contributed by atoms with Crippen LogP contribution in [0.5, 0.6) is 0 Å². The van der Waals surface area contributed by atoms with Gasteiger partial charge >= 0.3 is 11.8 Å². The summed E-state index contributed by atoms with van der Waals surface area (Å²) in [5.74, 6) is -0.686. The zero-order valence-corrected chi connectivity index (χ0v) is 11.6. The van der Waals surface area contributed by atoms with Crippen molar-refractivity contribution in [3.05, 3.63) is 0 Å². The van der Waals surface area contributed by atoms with Gasteiger partial charge in [0.25, 0.3) is 0 Å². The fraction of sp³-hybridized carbons (Fsp3) is 0.846. The Balaban J connectivity index is 1.95. The maximum atomic E-state index is 12.2. The Bertz CT molecular complexity index is 374. The van der Waals surface area contributed by atoms with Crippen LogP contribution in [0.4, 0.5) is 0 Å². The van der Waals surface area contributed by atoms with Crippen molar-refractivity contribution < 1.29 is 14.7 Å². The number of aliphatic hydroxyl groups excluding tert-OH is 1. The number of amides is 2. The molecule has 1 saturated heterocycles. The van der Waals surface area contributed by atoms with Crippen LogP contribution in [-0.4, -0.2) is 65.0 Å².